The van der Waals surface area contributed by atoms with Crippen molar-refractivity contribution in [2.45, 2.75) is 51.4 Å². The van der Waals surface area contributed by atoms with Crippen molar-refractivity contribution in [3.05, 3.63) is 0 Å². The highest BCUT2D eigenvalue weighted by Gasteiger charge is 2.42. The lowest BCUT2D eigenvalue weighted by atomic mass is 9.94. The molecule has 0 saturated carbocycles. The van der Waals surface area contributed by atoms with Crippen molar-refractivity contribution >= 4 is 11.8 Å². The average Bonchev–Trinajstić information content (AvgIpc) is 2.43. The fourth-order valence-corrected chi connectivity index (χ4v) is 2.14. The summed E-state index contributed by atoms with van der Waals surface area (Å²) in [7, 11) is 0. The zero-order chi connectivity index (χ0) is 16.0. The summed E-state index contributed by atoms with van der Waals surface area (Å²) < 4.78 is 37.5. The number of alkyl halides is 3. The Morgan fingerprint density at radius 1 is 1.33 bits per heavy atom. The van der Waals surface area contributed by atoms with Crippen LogP contribution in [0.3, 0.4) is 0 Å². The van der Waals surface area contributed by atoms with Crippen LogP contribution in [0.5, 0.6) is 0 Å². The van der Waals surface area contributed by atoms with E-state index in [1.165, 1.54) is 0 Å². The third-order valence-electron chi connectivity index (χ3n) is 3.50. The summed E-state index contributed by atoms with van der Waals surface area (Å²) in [5.74, 6) is -2.14. The zero-order valence-corrected chi connectivity index (χ0v) is 12.2. The molecule has 3 atom stereocenters. The van der Waals surface area contributed by atoms with E-state index >= 15 is 0 Å². The topological polar surface area (TPSA) is 70.2 Å². The van der Waals surface area contributed by atoms with Crippen LogP contribution in [0.1, 0.15) is 33.1 Å². The van der Waals surface area contributed by atoms with Gasteiger partial charge in [-0.15, -0.1) is 0 Å². The fourth-order valence-electron chi connectivity index (χ4n) is 2.14. The smallest absolute Gasteiger partial charge is 0.354 e. The Morgan fingerprint density at radius 3 is 2.48 bits per heavy atom. The standard InChI is InChI=1S/C13H22F3N3O2/c1-3-6-17-11(20)8(2)19-12(21)10-5-4-9(7-18-10)13(14,15)16/h8-10,18H,3-7H2,1-2H3,(H,17,20)(H,19,21). The molecule has 2 amide bonds. The van der Waals surface area contributed by atoms with Crippen LogP contribution in [0.2, 0.25) is 0 Å². The Balaban J connectivity index is 2.39. The average molecular weight is 309 g/mol. The van der Waals surface area contributed by atoms with Crippen LogP contribution < -0.4 is 16.0 Å². The molecule has 0 aromatic rings. The summed E-state index contributed by atoms with van der Waals surface area (Å²) in [5.41, 5.74) is 0. The SMILES string of the molecule is CCCNC(=O)C(C)NC(=O)C1CCC(C(F)(F)F)CN1. The highest BCUT2D eigenvalue weighted by atomic mass is 19.4. The second kappa shape index (κ2) is 7.63. The van der Waals surface area contributed by atoms with E-state index in [9.17, 15) is 22.8 Å². The van der Waals surface area contributed by atoms with E-state index in [0.717, 1.165) is 6.42 Å². The van der Waals surface area contributed by atoms with Gasteiger partial charge in [0.25, 0.3) is 0 Å². The molecule has 3 N–H and O–H groups in total. The van der Waals surface area contributed by atoms with Gasteiger partial charge in [-0.1, -0.05) is 6.92 Å². The molecule has 8 heteroatoms. The second-order valence-corrected chi connectivity index (χ2v) is 5.30. The normalized spacial score (nSPS) is 24.2. The van der Waals surface area contributed by atoms with Crippen LogP contribution in [0.15, 0.2) is 0 Å². The Hall–Kier alpha value is -1.31. The number of hydrogen-bond donors (Lipinski definition) is 3. The molecule has 5 nitrogen and oxygen atoms in total. The number of piperidine rings is 1. The lowest BCUT2D eigenvalue weighted by molar-refractivity contribution is -0.180. The maximum Gasteiger partial charge on any atom is 0.393 e. The van der Waals surface area contributed by atoms with Gasteiger partial charge in [0.2, 0.25) is 11.8 Å². The van der Waals surface area contributed by atoms with Crippen LogP contribution in [0, 0.1) is 5.92 Å². The fraction of sp³-hybridized carbons (Fsp3) is 0.846. The second-order valence-electron chi connectivity index (χ2n) is 5.30. The summed E-state index contributed by atoms with van der Waals surface area (Å²) in [5, 5.41) is 7.76. The van der Waals surface area contributed by atoms with Crippen molar-refractivity contribution in [2.24, 2.45) is 5.92 Å². The first-order chi connectivity index (χ1) is 9.75. The minimum Gasteiger partial charge on any atom is -0.354 e. The van der Waals surface area contributed by atoms with Crippen LogP contribution in [0.25, 0.3) is 0 Å². The molecule has 1 aliphatic rings. The summed E-state index contributed by atoms with van der Waals surface area (Å²) >= 11 is 0. The lowest BCUT2D eigenvalue weighted by Crippen LogP contribution is -2.55. The molecule has 0 radical (unpaired) electrons. The predicted molar refractivity (Wildman–Crippen MR) is 71.5 cm³/mol. The van der Waals surface area contributed by atoms with Gasteiger partial charge in [0.1, 0.15) is 6.04 Å². The van der Waals surface area contributed by atoms with Gasteiger partial charge in [-0.3, -0.25) is 9.59 Å². The molecule has 1 saturated heterocycles. The largest absolute Gasteiger partial charge is 0.393 e. The molecule has 1 heterocycles. The minimum atomic E-state index is -4.23. The van der Waals surface area contributed by atoms with Crippen molar-refractivity contribution in [3.8, 4) is 0 Å². The van der Waals surface area contributed by atoms with Gasteiger partial charge in [-0.25, -0.2) is 0 Å². The molecule has 122 valence electrons. The van der Waals surface area contributed by atoms with Gasteiger partial charge < -0.3 is 16.0 Å². The third-order valence-corrected chi connectivity index (χ3v) is 3.50. The van der Waals surface area contributed by atoms with Crippen LogP contribution in [0.4, 0.5) is 13.2 Å². The number of rotatable bonds is 5. The van der Waals surface area contributed by atoms with Gasteiger partial charge in [0.15, 0.2) is 0 Å². The quantitative estimate of drug-likeness (QED) is 0.708. The van der Waals surface area contributed by atoms with Crippen LogP contribution >= 0.6 is 0 Å². The summed E-state index contributed by atoms with van der Waals surface area (Å²) in [6.45, 7) is 3.71. The maximum absolute atomic E-state index is 12.5. The van der Waals surface area contributed by atoms with Gasteiger partial charge in [0.05, 0.1) is 12.0 Å². The molecule has 0 spiro atoms. The molecule has 0 aromatic carbocycles. The Morgan fingerprint density at radius 2 is 2.00 bits per heavy atom. The van der Waals surface area contributed by atoms with E-state index in [-0.39, 0.29) is 25.3 Å². The first-order valence-corrected chi connectivity index (χ1v) is 7.13. The number of carbonyl (C=O) groups excluding carboxylic acids is 2. The minimum absolute atomic E-state index is 0.0784. The maximum atomic E-state index is 12.5. The first-order valence-electron chi connectivity index (χ1n) is 7.13. The first kappa shape index (κ1) is 17.7. The van der Waals surface area contributed by atoms with E-state index in [1.54, 1.807) is 6.92 Å². The Kier molecular flexibility index (Phi) is 6.44. The van der Waals surface area contributed by atoms with Crippen molar-refractivity contribution in [1.82, 2.24) is 16.0 Å². The number of carbonyl (C=O) groups is 2. The molecule has 3 unspecified atom stereocenters. The van der Waals surface area contributed by atoms with Crippen molar-refractivity contribution in [3.63, 3.8) is 0 Å². The molecular formula is C13H22F3N3O2. The van der Waals surface area contributed by atoms with E-state index in [2.05, 4.69) is 16.0 Å². The summed E-state index contributed by atoms with van der Waals surface area (Å²) in [6, 6.07) is -1.38. The van der Waals surface area contributed by atoms with Gasteiger partial charge in [-0.2, -0.15) is 13.2 Å². The predicted octanol–water partition coefficient (Wildman–Crippen LogP) is 0.948. The van der Waals surface area contributed by atoms with Gasteiger partial charge in [0, 0.05) is 13.1 Å². The van der Waals surface area contributed by atoms with E-state index in [4.69, 9.17) is 0 Å². The van der Waals surface area contributed by atoms with E-state index < -0.39 is 30.1 Å². The lowest BCUT2D eigenvalue weighted by Gasteiger charge is -2.30. The Labute approximate surface area is 122 Å². The van der Waals surface area contributed by atoms with E-state index in [1.807, 2.05) is 6.92 Å². The highest BCUT2D eigenvalue weighted by Crippen LogP contribution is 2.31. The van der Waals surface area contributed by atoms with Crippen LogP contribution in [-0.2, 0) is 9.59 Å². The molecule has 1 fully saturated rings. The van der Waals surface area contributed by atoms with Crippen LogP contribution in [-0.4, -0.2) is 43.2 Å². The highest BCUT2D eigenvalue weighted by molar-refractivity contribution is 5.89. The number of halogens is 3. The van der Waals surface area contributed by atoms with E-state index in [0.29, 0.717) is 6.54 Å². The monoisotopic (exact) mass is 309 g/mol. The van der Waals surface area contributed by atoms with Crippen molar-refractivity contribution in [1.29, 1.82) is 0 Å². The number of amides is 2. The molecule has 1 aliphatic heterocycles. The molecule has 0 aliphatic carbocycles. The number of hydrogen-bond acceptors (Lipinski definition) is 3. The molecule has 0 aromatic heterocycles. The molecular weight excluding hydrogens is 287 g/mol. The van der Waals surface area contributed by atoms with Crippen molar-refractivity contribution in [2.75, 3.05) is 13.1 Å². The summed E-state index contributed by atoms with van der Waals surface area (Å²) in [6.07, 6.45) is -3.42. The van der Waals surface area contributed by atoms with Gasteiger partial charge in [-0.05, 0) is 26.2 Å². The molecule has 0 bridgehead atoms. The summed E-state index contributed by atoms with van der Waals surface area (Å²) in [4.78, 5) is 23.5. The number of nitrogens with one attached hydrogen (secondary N) is 3. The van der Waals surface area contributed by atoms with Gasteiger partial charge >= 0.3 is 6.18 Å². The Bertz CT molecular complexity index is 366. The molecule has 1 rings (SSSR count). The van der Waals surface area contributed by atoms with Crippen molar-refractivity contribution < 1.29 is 22.8 Å². The third kappa shape index (κ3) is 5.53. The zero-order valence-electron chi connectivity index (χ0n) is 12.2. The molecule has 21 heavy (non-hydrogen) atoms.